The lowest BCUT2D eigenvalue weighted by molar-refractivity contribution is 0.112. The Balaban J connectivity index is 2.61. The highest BCUT2D eigenvalue weighted by atomic mass is 79.9. The van der Waals surface area contributed by atoms with Crippen molar-refractivity contribution >= 4 is 39.2 Å². The molecule has 0 saturated carbocycles. The lowest BCUT2D eigenvalue weighted by atomic mass is 10.2. The van der Waals surface area contributed by atoms with E-state index in [0.29, 0.717) is 18.7 Å². The van der Waals surface area contributed by atoms with Crippen molar-refractivity contribution in [3.05, 3.63) is 34.4 Å². The number of amides is 1. The first-order valence-corrected chi connectivity index (χ1v) is 6.96. The number of carbonyl (C=O) groups excluding carboxylic acids is 2. The molecule has 100 valence electrons. The third kappa shape index (κ3) is 2.42. The second-order valence-corrected chi connectivity index (χ2v) is 5.10. The van der Waals surface area contributed by atoms with E-state index in [1.807, 2.05) is 32.0 Å². The van der Waals surface area contributed by atoms with Crippen molar-refractivity contribution in [2.75, 3.05) is 13.1 Å². The van der Waals surface area contributed by atoms with Crippen molar-refractivity contribution in [3.63, 3.8) is 0 Å². The summed E-state index contributed by atoms with van der Waals surface area (Å²) in [6, 6.07) is 5.45. The largest absolute Gasteiger partial charge is 0.328 e. The molecule has 1 aromatic heterocycles. The summed E-state index contributed by atoms with van der Waals surface area (Å²) < 4.78 is 2.43. The fourth-order valence-electron chi connectivity index (χ4n) is 2.13. The van der Waals surface area contributed by atoms with Crippen LogP contribution < -0.4 is 0 Å². The maximum Gasteiger partial charge on any atom is 0.328 e. The molecule has 0 spiro atoms. The van der Waals surface area contributed by atoms with E-state index >= 15 is 0 Å². The van der Waals surface area contributed by atoms with Gasteiger partial charge in [0.25, 0.3) is 0 Å². The average molecular weight is 323 g/mol. The minimum Gasteiger partial charge on any atom is -0.325 e. The molecular formula is C14H15BrN2O2. The molecule has 1 amide bonds. The molecular weight excluding hydrogens is 308 g/mol. The van der Waals surface area contributed by atoms with Gasteiger partial charge in [0.05, 0.1) is 5.52 Å². The van der Waals surface area contributed by atoms with Crippen molar-refractivity contribution in [1.82, 2.24) is 9.47 Å². The number of aldehydes is 1. The first kappa shape index (κ1) is 13.8. The van der Waals surface area contributed by atoms with E-state index in [1.165, 1.54) is 0 Å². The van der Waals surface area contributed by atoms with E-state index in [9.17, 15) is 9.59 Å². The molecule has 0 N–H and O–H groups in total. The standard InChI is InChI=1S/C14H15BrN2O2/c1-3-16(4-2)14(19)17-8-10(9-18)12-7-11(15)5-6-13(12)17/h5-9H,3-4H2,1-2H3. The molecule has 19 heavy (non-hydrogen) atoms. The van der Waals surface area contributed by atoms with Gasteiger partial charge in [0, 0.05) is 34.7 Å². The predicted octanol–water partition coefficient (Wildman–Crippen LogP) is 3.53. The molecule has 0 saturated heterocycles. The summed E-state index contributed by atoms with van der Waals surface area (Å²) in [4.78, 5) is 25.2. The number of aromatic nitrogens is 1. The summed E-state index contributed by atoms with van der Waals surface area (Å²) in [7, 11) is 0. The SMILES string of the molecule is CCN(CC)C(=O)n1cc(C=O)c2cc(Br)ccc21. The fourth-order valence-corrected chi connectivity index (χ4v) is 2.49. The third-order valence-electron chi connectivity index (χ3n) is 3.16. The Morgan fingerprint density at radius 3 is 2.63 bits per heavy atom. The van der Waals surface area contributed by atoms with Gasteiger partial charge in [-0.15, -0.1) is 0 Å². The summed E-state index contributed by atoms with van der Waals surface area (Å²) in [5.41, 5.74) is 1.28. The normalized spacial score (nSPS) is 10.7. The van der Waals surface area contributed by atoms with Crippen molar-refractivity contribution < 1.29 is 9.59 Å². The summed E-state index contributed by atoms with van der Waals surface area (Å²) in [6.07, 6.45) is 2.38. The van der Waals surface area contributed by atoms with Gasteiger partial charge in [-0.2, -0.15) is 0 Å². The van der Waals surface area contributed by atoms with Crippen LogP contribution in [0.4, 0.5) is 4.79 Å². The number of nitrogens with zero attached hydrogens (tertiary/aromatic N) is 2. The molecule has 0 unspecified atom stereocenters. The minimum absolute atomic E-state index is 0.106. The van der Waals surface area contributed by atoms with Crippen LogP contribution in [0.15, 0.2) is 28.9 Å². The summed E-state index contributed by atoms with van der Waals surface area (Å²) in [5.74, 6) is 0. The van der Waals surface area contributed by atoms with E-state index in [4.69, 9.17) is 0 Å². The van der Waals surface area contributed by atoms with E-state index in [1.54, 1.807) is 15.7 Å². The van der Waals surface area contributed by atoms with Gasteiger partial charge < -0.3 is 4.90 Å². The molecule has 0 fully saturated rings. The molecule has 0 bridgehead atoms. The molecule has 0 aliphatic rings. The van der Waals surface area contributed by atoms with Gasteiger partial charge in [0.1, 0.15) is 0 Å². The molecule has 0 radical (unpaired) electrons. The summed E-state index contributed by atoms with van der Waals surface area (Å²) >= 11 is 3.38. The Morgan fingerprint density at radius 1 is 1.37 bits per heavy atom. The molecule has 0 atom stereocenters. The fraction of sp³-hybridized carbons (Fsp3) is 0.286. The highest BCUT2D eigenvalue weighted by molar-refractivity contribution is 9.10. The second-order valence-electron chi connectivity index (χ2n) is 4.19. The van der Waals surface area contributed by atoms with Gasteiger partial charge in [0.2, 0.25) is 0 Å². The molecule has 4 nitrogen and oxygen atoms in total. The number of carbonyl (C=O) groups is 2. The Kier molecular flexibility index (Phi) is 4.04. The lowest BCUT2D eigenvalue weighted by Gasteiger charge is -2.19. The van der Waals surface area contributed by atoms with Gasteiger partial charge in [-0.25, -0.2) is 4.79 Å². The van der Waals surface area contributed by atoms with E-state index in [-0.39, 0.29) is 6.03 Å². The molecule has 5 heteroatoms. The molecule has 0 aliphatic carbocycles. The van der Waals surface area contributed by atoms with Crippen molar-refractivity contribution in [1.29, 1.82) is 0 Å². The predicted molar refractivity (Wildman–Crippen MR) is 78.7 cm³/mol. The third-order valence-corrected chi connectivity index (χ3v) is 3.66. The lowest BCUT2D eigenvalue weighted by Crippen LogP contribution is -2.33. The molecule has 2 rings (SSSR count). The smallest absolute Gasteiger partial charge is 0.325 e. The van der Waals surface area contributed by atoms with Crippen LogP contribution in [0.3, 0.4) is 0 Å². The van der Waals surface area contributed by atoms with Crippen molar-refractivity contribution in [3.8, 4) is 0 Å². The van der Waals surface area contributed by atoms with E-state index < -0.39 is 0 Å². The average Bonchev–Trinajstić information content (AvgIpc) is 2.77. The Hall–Kier alpha value is -1.62. The van der Waals surface area contributed by atoms with Crippen LogP contribution in [0.25, 0.3) is 10.9 Å². The van der Waals surface area contributed by atoms with Crippen LogP contribution in [0, 0.1) is 0 Å². The van der Waals surface area contributed by atoms with Gasteiger partial charge in [-0.3, -0.25) is 9.36 Å². The van der Waals surface area contributed by atoms with Crippen molar-refractivity contribution in [2.45, 2.75) is 13.8 Å². The highest BCUT2D eigenvalue weighted by Crippen LogP contribution is 2.24. The summed E-state index contributed by atoms with van der Waals surface area (Å²) in [6.45, 7) is 5.15. The van der Waals surface area contributed by atoms with Gasteiger partial charge in [-0.1, -0.05) is 15.9 Å². The van der Waals surface area contributed by atoms with Gasteiger partial charge in [-0.05, 0) is 32.0 Å². The zero-order valence-electron chi connectivity index (χ0n) is 10.9. The molecule has 2 aromatic rings. The maximum atomic E-state index is 12.4. The van der Waals surface area contributed by atoms with Crippen LogP contribution in [-0.4, -0.2) is 34.9 Å². The van der Waals surface area contributed by atoms with Gasteiger partial charge >= 0.3 is 6.03 Å². The van der Waals surface area contributed by atoms with E-state index in [2.05, 4.69) is 15.9 Å². The van der Waals surface area contributed by atoms with Crippen molar-refractivity contribution in [2.24, 2.45) is 0 Å². The van der Waals surface area contributed by atoms with Crippen LogP contribution in [0.1, 0.15) is 24.2 Å². The topological polar surface area (TPSA) is 42.3 Å². The Bertz CT molecular complexity index is 630. The number of halogens is 1. The van der Waals surface area contributed by atoms with Crippen LogP contribution in [0.2, 0.25) is 0 Å². The second kappa shape index (κ2) is 5.57. The van der Waals surface area contributed by atoms with Gasteiger partial charge in [0.15, 0.2) is 6.29 Å². The van der Waals surface area contributed by atoms with Crippen LogP contribution >= 0.6 is 15.9 Å². The number of fused-ring (bicyclic) bond motifs is 1. The minimum atomic E-state index is -0.106. The summed E-state index contributed by atoms with van der Waals surface area (Å²) in [5, 5.41) is 0.782. The maximum absolute atomic E-state index is 12.4. The molecule has 1 aromatic carbocycles. The van der Waals surface area contributed by atoms with Crippen LogP contribution in [0.5, 0.6) is 0 Å². The number of hydrogen-bond donors (Lipinski definition) is 0. The highest BCUT2D eigenvalue weighted by Gasteiger charge is 2.17. The number of benzene rings is 1. The zero-order valence-corrected chi connectivity index (χ0v) is 12.5. The van der Waals surface area contributed by atoms with Crippen LogP contribution in [-0.2, 0) is 0 Å². The molecule has 0 aliphatic heterocycles. The zero-order chi connectivity index (χ0) is 14.0. The quantitative estimate of drug-likeness (QED) is 0.811. The number of hydrogen-bond acceptors (Lipinski definition) is 2. The first-order chi connectivity index (χ1) is 9.12. The Morgan fingerprint density at radius 2 is 2.05 bits per heavy atom. The Labute approximate surface area is 120 Å². The monoisotopic (exact) mass is 322 g/mol. The first-order valence-electron chi connectivity index (χ1n) is 6.17. The number of rotatable bonds is 3. The van der Waals surface area contributed by atoms with E-state index in [0.717, 1.165) is 21.7 Å². The molecule has 1 heterocycles.